The average molecular weight is 215 g/mol. The van der Waals surface area contributed by atoms with Crippen LogP contribution in [0.15, 0.2) is 42.7 Å². The summed E-state index contributed by atoms with van der Waals surface area (Å²) in [5.74, 6) is 0. The number of anilines is 1. The molecule has 0 saturated heterocycles. The standard InChI is InChI=1S/C13H17N3/c1-2-6-13(11-7-4-3-5-8-11)16-12-9-14-15-10-12/h3-5,7-10,13,16H,2,6H2,1H3,(H,14,15). The summed E-state index contributed by atoms with van der Waals surface area (Å²) < 4.78 is 0. The molecule has 1 atom stereocenters. The van der Waals surface area contributed by atoms with Crippen LogP contribution >= 0.6 is 0 Å². The fourth-order valence-electron chi connectivity index (χ4n) is 1.83. The van der Waals surface area contributed by atoms with Gasteiger partial charge in [-0.3, -0.25) is 5.10 Å². The molecule has 1 aromatic carbocycles. The summed E-state index contributed by atoms with van der Waals surface area (Å²) in [5, 5.41) is 10.2. The Labute approximate surface area is 95.9 Å². The molecule has 1 heterocycles. The lowest BCUT2D eigenvalue weighted by atomic mass is 10.0. The van der Waals surface area contributed by atoms with Crippen molar-refractivity contribution >= 4 is 5.69 Å². The van der Waals surface area contributed by atoms with E-state index in [1.807, 2.05) is 18.5 Å². The summed E-state index contributed by atoms with van der Waals surface area (Å²) in [4.78, 5) is 0. The summed E-state index contributed by atoms with van der Waals surface area (Å²) in [6.07, 6.45) is 5.97. The summed E-state index contributed by atoms with van der Waals surface area (Å²) >= 11 is 0. The largest absolute Gasteiger partial charge is 0.376 e. The van der Waals surface area contributed by atoms with Gasteiger partial charge < -0.3 is 5.32 Å². The van der Waals surface area contributed by atoms with E-state index in [0.29, 0.717) is 6.04 Å². The Bertz CT molecular complexity index is 394. The lowest BCUT2D eigenvalue weighted by Crippen LogP contribution is -2.09. The second-order valence-corrected chi connectivity index (χ2v) is 3.88. The molecule has 0 spiro atoms. The molecule has 2 aromatic rings. The molecule has 0 aliphatic rings. The molecule has 3 heteroatoms. The van der Waals surface area contributed by atoms with Crippen molar-refractivity contribution in [1.29, 1.82) is 0 Å². The number of aromatic amines is 1. The summed E-state index contributed by atoms with van der Waals surface area (Å²) in [5.41, 5.74) is 2.37. The average Bonchev–Trinajstić information content (AvgIpc) is 2.83. The van der Waals surface area contributed by atoms with Crippen LogP contribution in [-0.4, -0.2) is 10.2 Å². The molecule has 1 unspecified atom stereocenters. The predicted molar refractivity (Wildman–Crippen MR) is 66.3 cm³/mol. The van der Waals surface area contributed by atoms with Gasteiger partial charge in [-0.25, -0.2) is 0 Å². The lowest BCUT2D eigenvalue weighted by molar-refractivity contribution is 0.678. The Balaban J connectivity index is 2.11. The predicted octanol–water partition coefficient (Wildman–Crippen LogP) is 3.36. The highest BCUT2D eigenvalue weighted by Crippen LogP contribution is 2.22. The van der Waals surface area contributed by atoms with E-state index in [-0.39, 0.29) is 0 Å². The fourth-order valence-corrected chi connectivity index (χ4v) is 1.83. The third kappa shape index (κ3) is 2.63. The van der Waals surface area contributed by atoms with Gasteiger partial charge in [0.1, 0.15) is 0 Å². The van der Waals surface area contributed by atoms with Crippen LogP contribution in [0.3, 0.4) is 0 Å². The summed E-state index contributed by atoms with van der Waals surface area (Å²) in [6.45, 7) is 2.20. The van der Waals surface area contributed by atoms with Crippen molar-refractivity contribution in [3.05, 3.63) is 48.3 Å². The van der Waals surface area contributed by atoms with Crippen molar-refractivity contribution in [3.63, 3.8) is 0 Å². The number of rotatable bonds is 5. The highest BCUT2D eigenvalue weighted by Gasteiger charge is 2.09. The van der Waals surface area contributed by atoms with E-state index < -0.39 is 0 Å². The van der Waals surface area contributed by atoms with E-state index in [4.69, 9.17) is 0 Å². The third-order valence-electron chi connectivity index (χ3n) is 2.62. The number of nitrogens with one attached hydrogen (secondary N) is 2. The van der Waals surface area contributed by atoms with Gasteiger partial charge in [0, 0.05) is 6.20 Å². The quantitative estimate of drug-likeness (QED) is 0.802. The molecule has 0 fully saturated rings. The molecule has 3 nitrogen and oxygen atoms in total. The first-order valence-electron chi connectivity index (χ1n) is 5.70. The Morgan fingerprint density at radius 2 is 2.12 bits per heavy atom. The number of hydrogen-bond donors (Lipinski definition) is 2. The van der Waals surface area contributed by atoms with E-state index in [9.17, 15) is 0 Å². The van der Waals surface area contributed by atoms with E-state index in [0.717, 1.165) is 18.5 Å². The van der Waals surface area contributed by atoms with E-state index >= 15 is 0 Å². The van der Waals surface area contributed by atoms with Gasteiger partial charge >= 0.3 is 0 Å². The maximum atomic E-state index is 3.94. The van der Waals surface area contributed by atoms with Gasteiger partial charge in [-0.15, -0.1) is 0 Å². The molecule has 0 aliphatic heterocycles. The van der Waals surface area contributed by atoms with Crippen LogP contribution < -0.4 is 5.32 Å². The first kappa shape index (κ1) is 10.7. The van der Waals surface area contributed by atoms with Crippen molar-refractivity contribution in [2.45, 2.75) is 25.8 Å². The Kier molecular flexibility index (Phi) is 3.59. The summed E-state index contributed by atoms with van der Waals surface area (Å²) in [6, 6.07) is 10.9. The van der Waals surface area contributed by atoms with Crippen LogP contribution in [0, 0.1) is 0 Å². The first-order chi connectivity index (χ1) is 7.90. The smallest absolute Gasteiger partial charge is 0.0728 e. The number of aromatic nitrogens is 2. The first-order valence-corrected chi connectivity index (χ1v) is 5.70. The van der Waals surface area contributed by atoms with Crippen molar-refractivity contribution in [2.75, 3.05) is 5.32 Å². The van der Waals surface area contributed by atoms with E-state index in [1.165, 1.54) is 5.56 Å². The highest BCUT2D eigenvalue weighted by molar-refractivity contribution is 5.41. The zero-order chi connectivity index (χ0) is 11.2. The SMILES string of the molecule is CCCC(Nc1cn[nH]c1)c1ccccc1. The second kappa shape index (κ2) is 5.35. The van der Waals surface area contributed by atoms with Gasteiger partial charge in [0.25, 0.3) is 0 Å². The Hall–Kier alpha value is -1.77. The molecular weight excluding hydrogens is 198 g/mol. The molecule has 0 amide bonds. The van der Waals surface area contributed by atoms with Crippen molar-refractivity contribution in [2.24, 2.45) is 0 Å². The molecule has 2 N–H and O–H groups in total. The zero-order valence-corrected chi connectivity index (χ0v) is 9.48. The number of benzene rings is 1. The fraction of sp³-hybridized carbons (Fsp3) is 0.308. The number of H-pyrrole nitrogens is 1. The minimum absolute atomic E-state index is 0.365. The van der Waals surface area contributed by atoms with Gasteiger partial charge in [-0.2, -0.15) is 5.10 Å². The molecule has 0 radical (unpaired) electrons. The van der Waals surface area contributed by atoms with Crippen molar-refractivity contribution in [3.8, 4) is 0 Å². The minimum atomic E-state index is 0.365. The van der Waals surface area contributed by atoms with Crippen LogP contribution in [0.4, 0.5) is 5.69 Å². The van der Waals surface area contributed by atoms with Crippen LogP contribution in [0.2, 0.25) is 0 Å². The zero-order valence-electron chi connectivity index (χ0n) is 9.48. The lowest BCUT2D eigenvalue weighted by Gasteiger charge is -2.18. The van der Waals surface area contributed by atoms with Crippen LogP contribution in [-0.2, 0) is 0 Å². The topological polar surface area (TPSA) is 40.7 Å². The molecule has 1 aromatic heterocycles. The molecule has 0 aliphatic carbocycles. The molecule has 2 rings (SSSR count). The van der Waals surface area contributed by atoms with E-state index in [2.05, 4.69) is 46.7 Å². The van der Waals surface area contributed by atoms with Crippen LogP contribution in [0.25, 0.3) is 0 Å². The van der Waals surface area contributed by atoms with Gasteiger partial charge in [-0.1, -0.05) is 43.7 Å². The van der Waals surface area contributed by atoms with Crippen molar-refractivity contribution in [1.82, 2.24) is 10.2 Å². The normalized spacial score (nSPS) is 12.3. The Morgan fingerprint density at radius 1 is 1.31 bits per heavy atom. The maximum absolute atomic E-state index is 3.94. The maximum Gasteiger partial charge on any atom is 0.0728 e. The highest BCUT2D eigenvalue weighted by atomic mass is 15.1. The monoisotopic (exact) mass is 215 g/mol. The number of nitrogens with zero attached hydrogens (tertiary/aromatic N) is 1. The molecular formula is C13H17N3. The van der Waals surface area contributed by atoms with Crippen LogP contribution in [0.1, 0.15) is 31.4 Å². The Morgan fingerprint density at radius 3 is 2.75 bits per heavy atom. The molecule has 0 bridgehead atoms. The van der Waals surface area contributed by atoms with Gasteiger partial charge in [-0.05, 0) is 12.0 Å². The van der Waals surface area contributed by atoms with E-state index in [1.54, 1.807) is 0 Å². The number of hydrogen-bond acceptors (Lipinski definition) is 2. The molecule has 84 valence electrons. The van der Waals surface area contributed by atoms with Gasteiger partial charge in [0.2, 0.25) is 0 Å². The molecule has 16 heavy (non-hydrogen) atoms. The third-order valence-corrected chi connectivity index (χ3v) is 2.62. The second-order valence-electron chi connectivity index (χ2n) is 3.88. The van der Waals surface area contributed by atoms with Gasteiger partial charge in [0.15, 0.2) is 0 Å². The molecule has 0 saturated carbocycles. The minimum Gasteiger partial charge on any atom is -0.376 e. The van der Waals surface area contributed by atoms with Crippen molar-refractivity contribution < 1.29 is 0 Å². The summed E-state index contributed by atoms with van der Waals surface area (Å²) in [7, 11) is 0. The van der Waals surface area contributed by atoms with Crippen LogP contribution in [0.5, 0.6) is 0 Å². The van der Waals surface area contributed by atoms with Gasteiger partial charge in [0.05, 0.1) is 17.9 Å².